The molecule has 2 aliphatic rings. The minimum atomic E-state index is -0.382. The van der Waals surface area contributed by atoms with Gasteiger partial charge in [-0.2, -0.15) is 0 Å². The molecule has 1 amide bonds. The van der Waals surface area contributed by atoms with Crippen LogP contribution in [0.2, 0.25) is 0 Å². The number of Topliss-reactive ketones (excluding diaryl/α,β-unsaturated/α-hetero) is 1. The molecule has 0 fully saturated rings. The maximum Gasteiger partial charge on any atom is 0.260 e. The summed E-state index contributed by atoms with van der Waals surface area (Å²) in [5.74, 6) is -0.780. The van der Waals surface area contributed by atoms with E-state index in [-0.39, 0.29) is 28.6 Å². The molecule has 2 atom stereocenters. The molecule has 0 spiro atoms. The van der Waals surface area contributed by atoms with E-state index in [1.165, 1.54) is 6.20 Å². The predicted octanol–water partition coefficient (Wildman–Crippen LogP) is 2.37. The van der Waals surface area contributed by atoms with Gasteiger partial charge in [0.05, 0.1) is 16.9 Å². The smallest absolute Gasteiger partial charge is 0.260 e. The van der Waals surface area contributed by atoms with Gasteiger partial charge in [-0.15, -0.1) is 11.8 Å². The van der Waals surface area contributed by atoms with Gasteiger partial charge in [0.1, 0.15) is 0 Å². The van der Waals surface area contributed by atoms with Gasteiger partial charge in [0.15, 0.2) is 5.78 Å². The average molecular weight is 311 g/mol. The first-order chi connectivity index (χ1) is 10.7. The van der Waals surface area contributed by atoms with Crippen LogP contribution >= 0.6 is 11.8 Å². The Morgan fingerprint density at radius 1 is 1.27 bits per heavy atom. The van der Waals surface area contributed by atoms with Gasteiger partial charge < -0.3 is 15.6 Å². The minimum absolute atomic E-state index is 0.0133. The van der Waals surface area contributed by atoms with E-state index in [1.54, 1.807) is 11.8 Å². The highest BCUT2D eigenvalue weighted by molar-refractivity contribution is 8.03. The topological polar surface area (TPSA) is 74.0 Å². The summed E-state index contributed by atoms with van der Waals surface area (Å²) in [4.78, 5) is 27.8. The van der Waals surface area contributed by atoms with E-state index in [0.717, 1.165) is 10.9 Å². The molecule has 6 heteroatoms. The molecule has 4 rings (SSSR count). The van der Waals surface area contributed by atoms with E-state index in [9.17, 15) is 9.59 Å². The summed E-state index contributed by atoms with van der Waals surface area (Å²) in [5.41, 5.74) is 1.77. The fourth-order valence-corrected chi connectivity index (χ4v) is 3.65. The number of benzene rings is 1. The van der Waals surface area contributed by atoms with Crippen molar-refractivity contribution >= 4 is 40.0 Å². The van der Waals surface area contributed by atoms with Crippen LogP contribution in [0, 0.1) is 5.92 Å². The van der Waals surface area contributed by atoms with Crippen molar-refractivity contribution in [3.8, 4) is 0 Å². The molecule has 3 N–H and O–H groups in total. The molecule has 0 radical (unpaired) electrons. The Morgan fingerprint density at radius 3 is 3.09 bits per heavy atom. The highest BCUT2D eigenvalue weighted by Crippen LogP contribution is 2.33. The molecule has 2 aromatic rings. The van der Waals surface area contributed by atoms with Crippen LogP contribution in [0.15, 0.2) is 53.7 Å². The zero-order chi connectivity index (χ0) is 15.1. The Morgan fingerprint density at radius 2 is 2.18 bits per heavy atom. The summed E-state index contributed by atoms with van der Waals surface area (Å²) in [6.45, 7) is 0. The van der Waals surface area contributed by atoms with Crippen molar-refractivity contribution in [1.82, 2.24) is 10.3 Å². The molecule has 110 valence electrons. The summed E-state index contributed by atoms with van der Waals surface area (Å²) in [6.07, 6.45) is 5.21. The number of amides is 1. The summed E-state index contributed by atoms with van der Waals surface area (Å²) >= 11 is 1.56. The molecule has 0 aliphatic carbocycles. The average Bonchev–Trinajstić information content (AvgIpc) is 3.15. The van der Waals surface area contributed by atoms with Gasteiger partial charge in [-0.1, -0.05) is 12.1 Å². The first kappa shape index (κ1) is 13.2. The number of aromatic nitrogens is 1. The van der Waals surface area contributed by atoms with Crippen molar-refractivity contribution in [2.75, 3.05) is 5.32 Å². The Bertz CT molecular complexity index is 837. The van der Waals surface area contributed by atoms with Crippen LogP contribution < -0.4 is 10.6 Å². The number of H-pyrrole nitrogens is 1. The Hall–Kier alpha value is -2.47. The third-order valence-corrected chi connectivity index (χ3v) is 4.89. The van der Waals surface area contributed by atoms with Gasteiger partial charge >= 0.3 is 0 Å². The van der Waals surface area contributed by atoms with Gasteiger partial charge in [-0.25, -0.2) is 0 Å². The standard InChI is InChI=1S/C16H13N3O2S/c20-14-11-4-6-22-16(11)18-8-12(14)15(21)19-10-2-1-9-3-5-17-13(9)7-10/h1-8,11,16-18H,(H,19,21). The normalized spacial score (nSPS) is 23.1. The molecule has 22 heavy (non-hydrogen) atoms. The number of nitrogens with one attached hydrogen (secondary N) is 3. The van der Waals surface area contributed by atoms with E-state index in [0.29, 0.717) is 5.69 Å². The zero-order valence-electron chi connectivity index (χ0n) is 11.5. The SMILES string of the molecule is O=C(Nc1ccc2cc[nH]c2c1)C1=CNC2SC=CC2C1=O. The Kier molecular flexibility index (Phi) is 3.04. The van der Waals surface area contributed by atoms with E-state index in [2.05, 4.69) is 15.6 Å². The van der Waals surface area contributed by atoms with Crippen LogP contribution in [0.1, 0.15) is 0 Å². The number of carbonyl (C=O) groups is 2. The van der Waals surface area contributed by atoms with Crippen molar-refractivity contribution in [2.45, 2.75) is 5.37 Å². The number of ketones is 1. The molecule has 0 saturated heterocycles. The fourth-order valence-electron chi connectivity index (χ4n) is 2.69. The van der Waals surface area contributed by atoms with Crippen LogP contribution in [0.5, 0.6) is 0 Å². The van der Waals surface area contributed by atoms with Crippen LogP contribution in [0.25, 0.3) is 10.9 Å². The Balaban J connectivity index is 1.56. The number of hydrogen-bond donors (Lipinski definition) is 3. The van der Waals surface area contributed by atoms with Crippen LogP contribution in [-0.2, 0) is 9.59 Å². The summed E-state index contributed by atoms with van der Waals surface area (Å²) in [6, 6.07) is 7.55. The summed E-state index contributed by atoms with van der Waals surface area (Å²) in [5, 5.41) is 8.87. The number of hydrogen-bond acceptors (Lipinski definition) is 4. The zero-order valence-corrected chi connectivity index (χ0v) is 12.3. The lowest BCUT2D eigenvalue weighted by atomic mass is 9.94. The lowest BCUT2D eigenvalue weighted by molar-refractivity contribution is -0.122. The molecule has 0 bridgehead atoms. The first-order valence-corrected chi connectivity index (χ1v) is 7.88. The number of rotatable bonds is 2. The number of thioether (sulfide) groups is 1. The minimum Gasteiger partial charge on any atom is -0.377 e. The molecule has 0 saturated carbocycles. The molecular weight excluding hydrogens is 298 g/mol. The van der Waals surface area contributed by atoms with Crippen molar-refractivity contribution in [2.24, 2.45) is 5.92 Å². The van der Waals surface area contributed by atoms with Crippen molar-refractivity contribution in [3.63, 3.8) is 0 Å². The third kappa shape index (κ3) is 2.12. The predicted molar refractivity (Wildman–Crippen MR) is 87.2 cm³/mol. The highest BCUT2D eigenvalue weighted by Gasteiger charge is 2.37. The highest BCUT2D eigenvalue weighted by atomic mass is 32.2. The second-order valence-corrected chi connectivity index (χ2v) is 6.29. The van der Waals surface area contributed by atoms with E-state index in [4.69, 9.17) is 0 Å². The van der Waals surface area contributed by atoms with Crippen LogP contribution in [0.3, 0.4) is 0 Å². The van der Waals surface area contributed by atoms with Gasteiger partial charge in [0, 0.05) is 23.6 Å². The second kappa shape index (κ2) is 5.06. The van der Waals surface area contributed by atoms with Crippen molar-refractivity contribution in [1.29, 1.82) is 0 Å². The monoisotopic (exact) mass is 311 g/mol. The van der Waals surface area contributed by atoms with Gasteiger partial charge in [-0.3, -0.25) is 9.59 Å². The number of anilines is 1. The lowest BCUT2D eigenvalue weighted by Crippen LogP contribution is -2.40. The number of fused-ring (bicyclic) bond motifs is 2. The lowest BCUT2D eigenvalue weighted by Gasteiger charge is -2.24. The van der Waals surface area contributed by atoms with Gasteiger partial charge in [0.25, 0.3) is 5.91 Å². The Labute approximate surface area is 130 Å². The van der Waals surface area contributed by atoms with Crippen molar-refractivity contribution in [3.05, 3.63) is 53.7 Å². The molecule has 1 aromatic heterocycles. The van der Waals surface area contributed by atoms with E-state index < -0.39 is 0 Å². The number of aromatic amines is 1. The summed E-state index contributed by atoms with van der Waals surface area (Å²) in [7, 11) is 0. The fraction of sp³-hybridized carbons (Fsp3) is 0.125. The molecule has 2 unspecified atom stereocenters. The van der Waals surface area contributed by atoms with Gasteiger partial charge in [-0.05, 0) is 29.0 Å². The largest absolute Gasteiger partial charge is 0.377 e. The maximum absolute atomic E-state index is 12.4. The second-order valence-electron chi connectivity index (χ2n) is 5.23. The third-order valence-electron chi connectivity index (χ3n) is 3.85. The summed E-state index contributed by atoms with van der Waals surface area (Å²) < 4.78 is 0. The number of carbonyl (C=O) groups excluding carboxylic acids is 2. The van der Waals surface area contributed by atoms with E-state index >= 15 is 0 Å². The molecular formula is C16H13N3O2S. The van der Waals surface area contributed by atoms with Crippen LogP contribution in [-0.4, -0.2) is 22.0 Å². The molecule has 2 aliphatic heterocycles. The molecule has 5 nitrogen and oxygen atoms in total. The molecule has 3 heterocycles. The van der Waals surface area contributed by atoms with Crippen LogP contribution in [0.4, 0.5) is 5.69 Å². The van der Waals surface area contributed by atoms with Crippen molar-refractivity contribution < 1.29 is 9.59 Å². The molecule has 1 aromatic carbocycles. The van der Waals surface area contributed by atoms with Gasteiger partial charge in [0.2, 0.25) is 0 Å². The maximum atomic E-state index is 12.4. The van der Waals surface area contributed by atoms with E-state index in [1.807, 2.05) is 41.9 Å². The first-order valence-electron chi connectivity index (χ1n) is 6.93. The quantitative estimate of drug-likeness (QED) is 0.744.